The minimum absolute atomic E-state index is 0.0324. The number of benzene rings is 2. The van der Waals surface area contributed by atoms with E-state index in [-0.39, 0.29) is 17.4 Å². The maximum absolute atomic E-state index is 13.0. The van der Waals surface area contributed by atoms with Crippen LogP contribution < -0.4 is 4.74 Å². The van der Waals surface area contributed by atoms with Crippen LogP contribution in [0.15, 0.2) is 60.2 Å². The van der Waals surface area contributed by atoms with Gasteiger partial charge >= 0.3 is 0 Å². The third-order valence-electron chi connectivity index (χ3n) is 5.16. The van der Waals surface area contributed by atoms with Crippen LogP contribution in [0.2, 0.25) is 0 Å². The van der Waals surface area contributed by atoms with E-state index in [2.05, 4.69) is 0 Å². The van der Waals surface area contributed by atoms with Crippen LogP contribution in [0.1, 0.15) is 37.4 Å². The van der Waals surface area contributed by atoms with Crippen LogP contribution in [0, 0.1) is 0 Å². The Kier molecular flexibility index (Phi) is 7.13. The van der Waals surface area contributed by atoms with Crippen molar-refractivity contribution in [1.82, 2.24) is 9.80 Å². The van der Waals surface area contributed by atoms with Gasteiger partial charge < -0.3 is 19.6 Å². The van der Waals surface area contributed by atoms with Gasteiger partial charge in [0, 0.05) is 12.1 Å². The summed E-state index contributed by atoms with van der Waals surface area (Å²) >= 11 is 0. The molecule has 6 heteroatoms. The summed E-state index contributed by atoms with van der Waals surface area (Å²) in [4.78, 5) is 29.5. The van der Waals surface area contributed by atoms with Crippen molar-refractivity contribution in [2.45, 2.75) is 32.4 Å². The molecule has 0 saturated carbocycles. The number of carbonyl (C=O) groups is 2. The van der Waals surface area contributed by atoms with Crippen LogP contribution >= 0.6 is 0 Å². The third-order valence-corrected chi connectivity index (χ3v) is 5.16. The van der Waals surface area contributed by atoms with Crippen molar-refractivity contribution in [2.24, 2.45) is 0 Å². The molecule has 1 N–H and O–H groups in total. The van der Waals surface area contributed by atoms with E-state index in [4.69, 9.17) is 4.74 Å². The summed E-state index contributed by atoms with van der Waals surface area (Å²) in [7, 11) is 3.94. The van der Waals surface area contributed by atoms with E-state index in [0.29, 0.717) is 17.9 Å². The van der Waals surface area contributed by atoms with Gasteiger partial charge in [0.15, 0.2) is 0 Å². The van der Waals surface area contributed by atoms with E-state index < -0.39 is 17.7 Å². The summed E-state index contributed by atoms with van der Waals surface area (Å²) in [5.41, 5.74) is 1.40. The number of carbonyl (C=O) groups excluding carboxylic acids is 2. The van der Waals surface area contributed by atoms with Gasteiger partial charge in [-0.3, -0.25) is 9.59 Å². The molecule has 1 amide bonds. The first-order chi connectivity index (χ1) is 14.8. The molecule has 1 saturated heterocycles. The second kappa shape index (κ2) is 9.79. The highest BCUT2D eigenvalue weighted by molar-refractivity contribution is 6.46. The molecule has 31 heavy (non-hydrogen) atoms. The van der Waals surface area contributed by atoms with Gasteiger partial charge in [-0.1, -0.05) is 30.3 Å². The standard InChI is InChI=1S/C25H30N2O4/c1-17(2)31-20-13-11-19(12-14-20)23(28)21-22(18-9-6-5-7-10-18)27(25(30)24(21)29)16-8-15-26(3)4/h5-7,9-14,17,22,28H,8,15-16H2,1-4H3/b23-21+/t22-/m0/s1. The van der Waals surface area contributed by atoms with Crippen LogP contribution in [0.4, 0.5) is 0 Å². The normalized spacial score (nSPS) is 18.3. The Bertz CT molecular complexity index is 949. The zero-order chi connectivity index (χ0) is 22.5. The SMILES string of the molecule is CC(C)Oc1ccc(/C(O)=C2\C(=O)C(=O)N(CCCN(C)C)[C@H]2c2ccccc2)cc1. The first-order valence-electron chi connectivity index (χ1n) is 10.5. The summed E-state index contributed by atoms with van der Waals surface area (Å²) in [5.74, 6) is -0.721. The molecule has 3 rings (SSSR count). The number of Topliss-reactive ketones (excluding diaryl/α,β-unsaturated/α-hetero) is 1. The van der Waals surface area contributed by atoms with E-state index in [1.807, 2.05) is 63.2 Å². The maximum Gasteiger partial charge on any atom is 0.295 e. The van der Waals surface area contributed by atoms with Crippen LogP contribution in [-0.2, 0) is 9.59 Å². The van der Waals surface area contributed by atoms with Crippen LogP contribution in [0.25, 0.3) is 5.76 Å². The number of likely N-dealkylation sites (tertiary alicyclic amines) is 1. The quantitative estimate of drug-likeness (QED) is 0.398. The number of ether oxygens (including phenoxy) is 1. The Morgan fingerprint density at radius 3 is 2.29 bits per heavy atom. The number of amides is 1. The van der Waals surface area contributed by atoms with E-state index in [0.717, 1.165) is 18.5 Å². The lowest BCUT2D eigenvalue weighted by atomic mass is 9.95. The Morgan fingerprint density at radius 1 is 1.06 bits per heavy atom. The Morgan fingerprint density at radius 2 is 1.71 bits per heavy atom. The fourth-order valence-corrected chi connectivity index (χ4v) is 3.77. The fourth-order valence-electron chi connectivity index (χ4n) is 3.77. The second-order valence-electron chi connectivity index (χ2n) is 8.25. The predicted octanol–water partition coefficient (Wildman–Crippen LogP) is 3.85. The Hall–Kier alpha value is -3.12. The van der Waals surface area contributed by atoms with Gasteiger partial charge in [0.05, 0.1) is 17.7 Å². The fraction of sp³-hybridized carbons (Fsp3) is 0.360. The molecular formula is C25H30N2O4. The van der Waals surface area contributed by atoms with E-state index in [1.165, 1.54) is 0 Å². The average Bonchev–Trinajstić information content (AvgIpc) is 2.99. The summed E-state index contributed by atoms with van der Waals surface area (Å²) in [6, 6.07) is 15.7. The van der Waals surface area contributed by atoms with Crippen molar-refractivity contribution >= 4 is 17.4 Å². The molecule has 0 aromatic heterocycles. The summed E-state index contributed by atoms with van der Waals surface area (Å²) < 4.78 is 5.65. The molecular weight excluding hydrogens is 392 g/mol. The van der Waals surface area contributed by atoms with Gasteiger partial charge in [0.1, 0.15) is 11.5 Å². The minimum atomic E-state index is -0.654. The lowest BCUT2D eigenvalue weighted by Gasteiger charge is -2.26. The Labute approximate surface area is 183 Å². The highest BCUT2D eigenvalue weighted by Gasteiger charge is 2.45. The Balaban J connectivity index is 2.01. The van der Waals surface area contributed by atoms with Crippen molar-refractivity contribution in [3.63, 3.8) is 0 Å². The summed E-state index contributed by atoms with van der Waals surface area (Å²) in [6.07, 6.45) is 0.759. The molecule has 164 valence electrons. The topological polar surface area (TPSA) is 70.1 Å². The van der Waals surface area contributed by atoms with Gasteiger partial charge in [0.2, 0.25) is 0 Å². The number of rotatable bonds is 8. The largest absolute Gasteiger partial charge is 0.507 e. The van der Waals surface area contributed by atoms with Crippen molar-refractivity contribution in [2.75, 3.05) is 27.2 Å². The first-order valence-corrected chi connectivity index (χ1v) is 10.5. The zero-order valence-electron chi connectivity index (χ0n) is 18.5. The number of nitrogens with zero attached hydrogens (tertiary/aromatic N) is 2. The molecule has 2 aromatic carbocycles. The van der Waals surface area contributed by atoms with Gasteiger partial charge in [-0.15, -0.1) is 0 Å². The van der Waals surface area contributed by atoms with Crippen LogP contribution in [-0.4, -0.2) is 59.9 Å². The van der Waals surface area contributed by atoms with Crippen LogP contribution in [0.3, 0.4) is 0 Å². The molecule has 6 nitrogen and oxygen atoms in total. The van der Waals surface area contributed by atoms with E-state index in [1.54, 1.807) is 29.2 Å². The average molecular weight is 423 g/mol. The summed E-state index contributed by atoms with van der Waals surface area (Å²) in [5, 5.41) is 11.1. The minimum Gasteiger partial charge on any atom is -0.507 e. The molecule has 2 aromatic rings. The molecule has 0 spiro atoms. The summed E-state index contributed by atoms with van der Waals surface area (Å²) in [6.45, 7) is 5.10. The second-order valence-corrected chi connectivity index (χ2v) is 8.25. The number of ketones is 1. The predicted molar refractivity (Wildman–Crippen MR) is 121 cm³/mol. The lowest BCUT2D eigenvalue weighted by Crippen LogP contribution is -2.32. The molecule has 0 unspecified atom stereocenters. The van der Waals surface area contributed by atoms with Gasteiger partial charge in [-0.25, -0.2) is 0 Å². The number of aliphatic hydroxyl groups excluding tert-OH is 1. The van der Waals surface area contributed by atoms with Crippen molar-refractivity contribution in [1.29, 1.82) is 0 Å². The molecule has 0 aliphatic carbocycles. The monoisotopic (exact) mass is 422 g/mol. The molecule has 1 atom stereocenters. The highest BCUT2D eigenvalue weighted by Crippen LogP contribution is 2.39. The molecule has 0 radical (unpaired) electrons. The van der Waals surface area contributed by atoms with E-state index >= 15 is 0 Å². The van der Waals surface area contributed by atoms with E-state index in [9.17, 15) is 14.7 Å². The maximum atomic E-state index is 13.0. The first kappa shape index (κ1) is 22.6. The molecule has 1 fully saturated rings. The number of hydrogen-bond donors (Lipinski definition) is 1. The van der Waals surface area contributed by atoms with Crippen LogP contribution in [0.5, 0.6) is 5.75 Å². The number of hydrogen-bond acceptors (Lipinski definition) is 5. The van der Waals surface area contributed by atoms with Gasteiger partial charge in [0.25, 0.3) is 11.7 Å². The third kappa shape index (κ3) is 5.14. The zero-order valence-corrected chi connectivity index (χ0v) is 18.5. The molecule has 1 aliphatic rings. The van der Waals surface area contributed by atoms with Crippen molar-refractivity contribution in [3.8, 4) is 5.75 Å². The molecule has 1 heterocycles. The smallest absolute Gasteiger partial charge is 0.295 e. The van der Waals surface area contributed by atoms with Gasteiger partial charge in [-0.2, -0.15) is 0 Å². The van der Waals surface area contributed by atoms with Gasteiger partial charge in [-0.05, 0) is 70.7 Å². The lowest BCUT2D eigenvalue weighted by molar-refractivity contribution is -0.139. The van der Waals surface area contributed by atoms with Crippen molar-refractivity contribution < 1.29 is 19.4 Å². The highest BCUT2D eigenvalue weighted by atomic mass is 16.5. The van der Waals surface area contributed by atoms with Crippen molar-refractivity contribution in [3.05, 3.63) is 71.3 Å². The molecule has 0 bridgehead atoms. The number of aliphatic hydroxyl groups is 1. The molecule has 1 aliphatic heterocycles.